The molecule has 1 heterocycles. The van der Waals surface area contributed by atoms with Gasteiger partial charge in [-0.15, -0.1) is 0 Å². The first-order chi connectivity index (χ1) is 13.7. The lowest BCUT2D eigenvalue weighted by molar-refractivity contribution is 0.0954. The van der Waals surface area contributed by atoms with Gasteiger partial charge in [0.1, 0.15) is 5.69 Å². The van der Waals surface area contributed by atoms with Gasteiger partial charge in [0, 0.05) is 5.56 Å². The van der Waals surface area contributed by atoms with Gasteiger partial charge in [-0.1, -0.05) is 25.5 Å². The molecule has 0 aliphatic heterocycles. The van der Waals surface area contributed by atoms with Crippen molar-refractivity contribution >= 4 is 23.2 Å². The van der Waals surface area contributed by atoms with Crippen LogP contribution in [-0.4, -0.2) is 35.8 Å². The number of hydrogen-bond acceptors (Lipinski definition) is 6. The molecule has 0 unspecified atom stereocenters. The van der Waals surface area contributed by atoms with E-state index in [4.69, 9.17) is 9.47 Å². The molecule has 0 fully saturated rings. The molecule has 0 aliphatic carbocycles. The van der Waals surface area contributed by atoms with Crippen LogP contribution in [0.5, 0.6) is 11.5 Å². The smallest absolute Gasteiger partial charge is 0.271 e. The second-order valence-corrected chi connectivity index (χ2v) is 6.05. The second-order valence-electron chi connectivity index (χ2n) is 6.05. The molecule has 1 amide bonds. The Morgan fingerprint density at radius 2 is 2.00 bits per heavy atom. The number of hydrogen-bond donors (Lipinski definition) is 1. The number of amides is 1. The molecule has 3 rings (SSSR count). The number of aromatic nitrogens is 2. The van der Waals surface area contributed by atoms with Crippen molar-refractivity contribution < 1.29 is 14.3 Å². The van der Waals surface area contributed by atoms with Gasteiger partial charge in [0.15, 0.2) is 11.5 Å². The second kappa shape index (κ2) is 9.45. The molecule has 0 radical (unpaired) electrons. The molecule has 144 valence electrons. The van der Waals surface area contributed by atoms with Crippen molar-refractivity contribution in [2.24, 2.45) is 5.10 Å². The molecule has 1 aromatic heterocycles. The molecule has 0 bridgehead atoms. The zero-order valence-corrected chi connectivity index (χ0v) is 15.9. The quantitative estimate of drug-likeness (QED) is 0.368. The van der Waals surface area contributed by atoms with E-state index in [0.29, 0.717) is 29.4 Å². The van der Waals surface area contributed by atoms with Crippen LogP contribution in [0, 0.1) is 0 Å². The number of hydrazone groups is 1. The van der Waals surface area contributed by atoms with Crippen molar-refractivity contribution in [3.8, 4) is 11.5 Å². The molecular weight excluding hydrogens is 356 g/mol. The fourth-order valence-corrected chi connectivity index (χ4v) is 2.51. The standard InChI is InChI=1S/C21H22N4O3/c1-3-4-11-28-19-10-9-15(12-20(19)27-2)21(26)25-23-14-16-13-22-17-7-5-6-8-18(17)24-16/h5-10,12-14H,3-4,11H2,1-2H3,(H,25,26)/b23-14-. The normalized spacial score (nSPS) is 10.9. The minimum Gasteiger partial charge on any atom is -0.493 e. The van der Waals surface area contributed by atoms with Gasteiger partial charge in [0.05, 0.1) is 37.2 Å². The fourth-order valence-electron chi connectivity index (χ4n) is 2.51. The molecule has 0 atom stereocenters. The Kier molecular flexibility index (Phi) is 6.51. The predicted octanol–water partition coefficient (Wildman–Crippen LogP) is 3.58. The lowest BCUT2D eigenvalue weighted by atomic mass is 10.2. The van der Waals surface area contributed by atoms with Crippen LogP contribution >= 0.6 is 0 Å². The third-order valence-electron chi connectivity index (χ3n) is 4.01. The van der Waals surface area contributed by atoms with Crippen LogP contribution in [0.4, 0.5) is 0 Å². The Balaban J connectivity index is 1.65. The van der Waals surface area contributed by atoms with E-state index in [-0.39, 0.29) is 5.91 Å². The van der Waals surface area contributed by atoms with Crippen molar-refractivity contribution in [2.45, 2.75) is 19.8 Å². The average molecular weight is 378 g/mol. The number of para-hydroxylation sites is 2. The van der Waals surface area contributed by atoms with Crippen LogP contribution in [0.3, 0.4) is 0 Å². The van der Waals surface area contributed by atoms with Crippen molar-refractivity contribution in [2.75, 3.05) is 13.7 Å². The average Bonchev–Trinajstić information content (AvgIpc) is 2.74. The van der Waals surface area contributed by atoms with E-state index in [1.807, 2.05) is 24.3 Å². The third-order valence-corrected chi connectivity index (χ3v) is 4.01. The number of unbranched alkanes of at least 4 members (excludes halogenated alkanes) is 1. The van der Waals surface area contributed by atoms with Crippen LogP contribution in [0.15, 0.2) is 53.8 Å². The minimum atomic E-state index is -0.358. The molecular formula is C21H22N4O3. The van der Waals surface area contributed by atoms with Gasteiger partial charge in [-0.25, -0.2) is 10.4 Å². The number of rotatable bonds is 8. The Morgan fingerprint density at radius 3 is 2.79 bits per heavy atom. The van der Waals surface area contributed by atoms with E-state index in [2.05, 4.69) is 27.4 Å². The number of benzene rings is 2. The summed E-state index contributed by atoms with van der Waals surface area (Å²) in [4.78, 5) is 21.1. The number of nitrogens with zero attached hydrogens (tertiary/aromatic N) is 3. The molecule has 3 aromatic rings. The van der Waals surface area contributed by atoms with Crippen LogP contribution in [-0.2, 0) is 0 Å². The highest BCUT2D eigenvalue weighted by Crippen LogP contribution is 2.28. The Labute approximate surface area is 163 Å². The predicted molar refractivity (Wildman–Crippen MR) is 108 cm³/mol. The highest BCUT2D eigenvalue weighted by atomic mass is 16.5. The number of carbonyl (C=O) groups is 1. The lowest BCUT2D eigenvalue weighted by Gasteiger charge is -2.11. The van der Waals surface area contributed by atoms with E-state index in [1.165, 1.54) is 6.21 Å². The van der Waals surface area contributed by atoms with E-state index in [1.54, 1.807) is 31.5 Å². The summed E-state index contributed by atoms with van der Waals surface area (Å²) >= 11 is 0. The zero-order valence-electron chi connectivity index (χ0n) is 15.9. The summed E-state index contributed by atoms with van der Waals surface area (Å²) in [5.41, 5.74) is 5.02. The summed E-state index contributed by atoms with van der Waals surface area (Å²) in [6, 6.07) is 12.6. The van der Waals surface area contributed by atoms with Gasteiger partial charge in [-0.3, -0.25) is 9.78 Å². The molecule has 1 N–H and O–H groups in total. The maximum Gasteiger partial charge on any atom is 0.271 e. The van der Waals surface area contributed by atoms with E-state index in [0.717, 1.165) is 23.9 Å². The van der Waals surface area contributed by atoms with E-state index in [9.17, 15) is 4.79 Å². The third kappa shape index (κ3) is 4.82. The first-order valence-electron chi connectivity index (χ1n) is 9.07. The summed E-state index contributed by atoms with van der Waals surface area (Å²) < 4.78 is 11.0. The largest absolute Gasteiger partial charge is 0.493 e. The minimum absolute atomic E-state index is 0.358. The summed E-state index contributed by atoms with van der Waals surface area (Å²) in [7, 11) is 1.54. The monoisotopic (exact) mass is 378 g/mol. The van der Waals surface area contributed by atoms with Crippen LogP contribution in [0.1, 0.15) is 35.8 Å². The molecule has 28 heavy (non-hydrogen) atoms. The number of carbonyl (C=O) groups excluding carboxylic acids is 1. The molecule has 7 heteroatoms. The van der Waals surface area contributed by atoms with Crippen molar-refractivity contribution in [3.05, 3.63) is 59.9 Å². The maximum atomic E-state index is 12.3. The highest BCUT2D eigenvalue weighted by molar-refractivity contribution is 5.95. The zero-order chi connectivity index (χ0) is 19.8. The summed E-state index contributed by atoms with van der Waals surface area (Å²) in [5, 5.41) is 3.96. The topological polar surface area (TPSA) is 85.7 Å². The SMILES string of the molecule is CCCCOc1ccc(C(=O)N/N=C\c2cnc3ccccc3n2)cc1OC. The van der Waals surface area contributed by atoms with Gasteiger partial charge in [0.2, 0.25) is 0 Å². The summed E-state index contributed by atoms with van der Waals surface area (Å²) in [6.07, 6.45) is 5.06. The number of methoxy groups -OCH3 is 1. The van der Waals surface area contributed by atoms with Gasteiger partial charge in [-0.05, 0) is 36.8 Å². The molecule has 0 saturated heterocycles. The Hall–Kier alpha value is -3.48. The molecule has 2 aromatic carbocycles. The Morgan fingerprint density at radius 1 is 1.18 bits per heavy atom. The van der Waals surface area contributed by atoms with Crippen molar-refractivity contribution in [1.82, 2.24) is 15.4 Å². The number of ether oxygens (including phenoxy) is 2. The molecule has 0 spiro atoms. The summed E-state index contributed by atoms with van der Waals surface area (Å²) in [5.74, 6) is 0.763. The summed E-state index contributed by atoms with van der Waals surface area (Å²) in [6.45, 7) is 2.70. The van der Waals surface area contributed by atoms with Crippen LogP contribution < -0.4 is 14.9 Å². The van der Waals surface area contributed by atoms with E-state index >= 15 is 0 Å². The molecule has 0 saturated carbocycles. The van der Waals surface area contributed by atoms with E-state index < -0.39 is 0 Å². The van der Waals surface area contributed by atoms with Crippen molar-refractivity contribution in [1.29, 1.82) is 0 Å². The Bertz CT molecular complexity index is 988. The molecule has 0 aliphatic rings. The van der Waals surface area contributed by atoms with Crippen LogP contribution in [0.25, 0.3) is 11.0 Å². The van der Waals surface area contributed by atoms with Gasteiger partial charge < -0.3 is 9.47 Å². The number of nitrogens with one attached hydrogen (secondary N) is 1. The van der Waals surface area contributed by atoms with Gasteiger partial charge in [0.25, 0.3) is 5.91 Å². The number of fused-ring (bicyclic) bond motifs is 1. The first kappa shape index (κ1) is 19.3. The van der Waals surface area contributed by atoms with Gasteiger partial charge in [-0.2, -0.15) is 5.10 Å². The highest BCUT2D eigenvalue weighted by Gasteiger charge is 2.10. The van der Waals surface area contributed by atoms with Gasteiger partial charge >= 0.3 is 0 Å². The first-order valence-corrected chi connectivity index (χ1v) is 9.07. The lowest BCUT2D eigenvalue weighted by Crippen LogP contribution is -2.17. The fraction of sp³-hybridized carbons (Fsp3) is 0.238. The molecule has 7 nitrogen and oxygen atoms in total. The van der Waals surface area contributed by atoms with Crippen LogP contribution in [0.2, 0.25) is 0 Å². The maximum absolute atomic E-state index is 12.3. The van der Waals surface area contributed by atoms with Crippen molar-refractivity contribution in [3.63, 3.8) is 0 Å².